The van der Waals surface area contributed by atoms with Crippen LogP contribution in [0.15, 0.2) is 0 Å². The van der Waals surface area contributed by atoms with Crippen LogP contribution in [0.25, 0.3) is 0 Å². The smallest absolute Gasteiger partial charge is 0.320 e. The molecule has 3 unspecified atom stereocenters. The minimum Gasteiger partial charge on any atom is -0.400 e. The van der Waals surface area contributed by atoms with E-state index in [0.29, 0.717) is 12.2 Å². The van der Waals surface area contributed by atoms with Gasteiger partial charge in [0.25, 0.3) is 0 Å². The van der Waals surface area contributed by atoms with Crippen molar-refractivity contribution in [1.29, 1.82) is 0 Å². The maximum absolute atomic E-state index is 5.54. The fourth-order valence-corrected chi connectivity index (χ4v) is 3.89. The topological polar surface area (TPSA) is 31.0 Å². The third-order valence-corrected chi connectivity index (χ3v) is 5.62. The zero-order valence-corrected chi connectivity index (χ0v) is 10.9. The fourth-order valence-electron chi connectivity index (χ4n) is 2.65. The SMILES string of the molecule is CO[SiH](CCCC1CCC2OC2C1)OC.[SiH4]. The summed E-state index contributed by atoms with van der Waals surface area (Å²) in [7, 11) is 2.23. The van der Waals surface area contributed by atoms with Crippen molar-refractivity contribution < 1.29 is 13.6 Å². The number of epoxide rings is 1. The second-order valence-corrected chi connectivity index (χ2v) is 7.10. The predicted octanol–water partition coefficient (Wildman–Crippen LogP) is 0.396. The third kappa shape index (κ3) is 3.96. The summed E-state index contributed by atoms with van der Waals surface area (Å²) in [4.78, 5) is 0. The molecule has 0 amide bonds. The van der Waals surface area contributed by atoms with Crippen LogP contribution in [0.1, 0.15) is 32.1 Å². The van der Waals surface area contributed by atoms with E-state index in [-0.39, 0.29) is 11.0 Å². The van der Waals surface area contributed by atoms with E-state index in [2.05, 4.69) is 0 Å². The van der Waals surface area contributed by atoms with E-state index in [9.17, 15) is 0 Å². The molecule has 0 aromatic rings. The molecule has 2 fully saturated rings. The van der Waals surface area contributed by atoms with E-state index >= 15 is 0 Å². The highest BCUT2D eigenvalue weighted by atomic mass is 28.3. The minimum atomic E-state index is -1.30. The highest BCUT2D eigenvalue weighted by Gasteiger charge is 2.43. The van der Waals surface area contributed by atoms with Crippen molar-refractivity contribution in [2.45, 2.75) is 50.4 Å². The molecule has 0 aromatic heterocycles. The molecule has 1 saturated heterocycles. The summed E-state index contributed by atoms with van der Waals surface area (Å²) in [6.07, 6.45) is 7.83. The van der Waals surface area contributed by atoms with Gasteiger partial charge in [0.15, 0.2) is 0 Å². The molecule has 5 heteroatoms. The molecule has 1 aliphatic heterocycles. The Morgan fingerprint density at radius 2 is 1.94 bits per heavy atom. The highest BCUT2D eigenvalue weighted by Crippen LogP contribution is 2.41. The molecule has 2 aliphatic rings. The lowest BCUT2D eigenvalue weighted by Gasteiger charge is -2.19. The Balaban J connectivity index is 0.00000128. The average molecular weight is 262 g/mol. The molecule has 3 atom stereocenters. The van der Waals surface area contributed by atoms with E-state index in [1.165, 1.54) is 32.1 Å². The molecule has 0 bridgehead atoms. The summed E-state index contributed by atoms with van der Waals surface area (Å²) >= 11 is 0. The van der Waals surface area contributed by atoms with Gasteiger partial charge in [-0.15, -0.1) is 0 Å². The summed E-state index contributed by atoms with van der Waals surface area (Å²) in [5.41, 5.74) is 0. The lowest BCUT2D eigenvalue weighted by molar-refractivity contribution is 0.273. The molecule has 1 aliphatic carbocycles. The van der Waals surface area contributed by atoms with Crippen LogP contribution >= 0.6 is 0 Å². The molecule has 0 spiro atoms. The quantitative estimate of drug-likeness (QED) is 0.513. The number of hydrogen-bond acceptors (Lipinski definition) is 3. The van der Waals surface area contributed by atoms with E-state index in [1.54, 1.807) is 14.2 Å². The highest BCUT2D eigenvalue weighted by molar-refractivity contribution is 6.44. The Kier molecular flexibility index (Phi) is 6.21. The Morgan fingerprint density at radius 1 is 1.19 bits per heavy atom. The Labute approximate surface area is 105 Å². The average Bonchev–Trinajstić information content (AvgIpc) is 3.02. The van der Waals surface area contributed by atoms with Gasteiger partial charge in [0.05, 0.1) is 12.2 Å². The van der Waals surface area contributed by atoms with Gasteiger partial charge in [-0.1, -0.05) is 12.8 Å². The molecule has 1 heterocycles. The minimum absolute atomic E-state index is 0. The lowest BCUT2D eigenvalue weighted by atomic mass is 9.86. The van der Waals surface area contributed by atoms with Crippen LogP contribution in [0, 0.1) is 5.92 Å². The molecule has 96 valence electrons. The van der Waals surface area contributed by atoms with Gasteiger partial charge < -0.3 is 13.6 Å². The molecule has 2 rings (SSSR count). The summed E-state index contributed by atoms with van der Waals surface area (Å²) in [5, 5.41) is 0. The normalized spacial score (nSPS) is 32.1. The maximum atomic E-state index is 5.54. The van der Waals surface area contributed by atoms with Crippen molar-refractivity contribution in [1.82, 2.24) is 0 Å². The molecule has 3 nitrogen and oxygen atoms in total. The molecule has 0 N–H and O–H groups in total. The maximum Gasteiger partial charge on any atom is 0.320 e. The van der Waals surface area contributed by atoms with Gasteiger partial charge in [-0.25, -0.2) is 0 Å². The van der Waals surface area contributed by atoms with Crippen LogP contribution in [-0.2, 0) is 13.6 Å². The van der Waals surface area contributed by atoms with Crippen LogP contribution in [-0.4, -0.2) is 46.7 Å². The fraction of sp³-hybridized carbons (Fsp3) is 1.00. The second-order valence-electron chi connectivity index (χ2n) is 4.72. The summed E-state index contributed by atoms with van der Waals surface area (Å²) in [6, 6.07) is 1.15. The van der Waals surface area contributed by atoms with Crippen molar-refractivity contribution in [3.05, 3.63) is 0 Å². The predicted molar refractivity (Wildman–Crippen MR) is 72.5 cm³/mol. The monoisotopic (exact) mass is 262 g/mol. The van der Waals surface area contributed by atoms with Crippen LogP contribution in [0.2, 0.25) is 6.04 Å². The Morgan fingerprint density at radius 3 is 2.56 bits per heavy atom. The number of ether oxygens (including phenoxy) is 1. The first kappa shape index (κ1) is 14.4. The van der Waals surface area contributed by atoms with E-state index in [1.807, 2.05) is 0 Å². The number of fused-ring (bicyclic) bond motifs is 1. The summed E-state index contributed by atoms with van der Waals surface area (Å²) in [6.45, 7) is 0. The van der Waals surface area contributed by atoms with Crippen LogP contribution in [0.5, 0.6) is 0 Å². The molecule has 1 saturated carbocycles. The summed E-state index contributed by atoms with van der Waals surface area (Å²) < 4.78 is 16.2. The van der Waals surface area contributed by atoms with Gasteiger partial charge >= 0.3 is 9.28 Å². The first-order valence-corrected chi connectivity index (χ1v) is 7.80. The largest absolute Gasteiger partial charge is 0.400 e. The van der Waals surface area contributed by atoms with E-state index in [4.69, 9.17) is 13.6 Å². The number of rotatable bonds is 6. The van der Waals surface area contributed by atoms with Crippen LogP contribution in [0.3, 0.4) is 0 Å². The summed E-state index contributed by atoms with van der Waals surface area (Å²) in [5.74, 6) is 0.900. The van der Waals surface area contributed by atoms with Gasteiger partial charge in [0, 0.05) is 14.2 Å². The van der Waals surface area contributed by atoms with Crippen molar-refractivity contribution in [2.75, 3.05) is 14.2 Å². The molecular weight excluding hydrogens is 236 g/mol. The zero-order valence-electron chi connectivity index (χ0n) is 9.78. The first-order valence-electron chi connectivity index (χ1n) is 6.04. The van der Waals surface area contributed by atoms with Gasteiger partial charge in [0.1, 0.15) is 0 Å². The first-order chi connectivity index (χ1) is 7.33. The Hall–Kier alpha value is 0.314. The molecule has 16 heavy (non-hydrogen) atoms. The van der Waals surface area contributed by atoms with Crippen LogP contribution < -0.4 is 0 Å². The van der Waals surface area contributed by atoms with Gasteiger partial charge in [-0.3, -0.25) is 0 Å². The van der Waals surface area contributed by atoms with Crippen molar-refractivity contribution in [3.8, 4) is 0 Å². The third-order valence-electron chi connectivity index (χ3n) is 3.69. The standard InChI is InChI=1S/C11H22O3Si.H4Si/c1-12-15(13-2)7-3-4-9-5-6-10-11(8-9)14-10;/h9-11,15H,3-8H2,1-2H3;1H4. The van der Waals surface area contributed by atoms with Crippen molar-refractivity contribution >= 4 is 20.2 Å². The van der Waals surface area contributed by atoms with Crippen molar-refractivity contribution in [2.24, 2.45) is 5.92 Å². The zero-order chi connectivity index (χ0) is 10.7. The molecule has 0 radical (unpaired) electrons. The second kappa shape index (κ2) is 6.91. The van der Waals surface area contributed by atoms with Gasteiger partial charge in [0.2, 0.25) is 0 Å². The Bertz CT molecular complexity index is 200. The van der Waals surface area contributed by atoms with E-state index in [0.717, 1.165) is 12.0 Å². The molecule has 0 aromatic carbocycles. The van der Waals surface area contributed by atoms with Gasteiger partial charge in [-0.2, -0.15) is 0 Å². The van der Waals surface area contributed by atoms with Crippen LogP contribution in [0.4, 0.5) is 0 Å². The molecular formula is C11H26O3Si2. The van der Waals surface area contributed by atoms with E-state index < -0.39 is 9.28 Å². The van der Waals surface area contributed by atoms with Crippen molar-refractivity contribution in [3.63, 3.8) is 0 Å². The lowest BCUT2D eigenvalue weighted by Crippen LogP contribution is -2.19. The van der Waals surface area contributed by atoms with Gasteiger partial charge in [-0.05, 0) is 42.2 Å². The number of hydrogen-bond donors (Lipinski definition) is 0.